The van der Waals surface area contributed by atoms with Crippen LogP contribution in [0.1, 0.15) is 61.8 Å². The molecule has 1 unspecified atom stereocenters. The van der Waals surface area contributed by atoms with Gasteiger partial charge >= 0.3 is 16.8 Å². The van der Waals surface area contributed by atoms with Crippen LogP contribution >= 0.6 is 16.8 Å². The molecule has 7 aromatic rings. The van der Waals surface area contributed by atoms with Crippen molar-refractivity contribution in [1.82, 2.24) is 0 Å². The van der Waals surface area contributed by atoms with Gasteiger partial charge in [-0.1, -0.05) is 63.1 Å². The van der Waals surface area contributed by atoms with Crippen molar-refractivity contribution in [3.63, 3.8) is 0 Å². The molecule has 0 saturated heterocycles. The summed E-state index contributed by atoms with van der Waals surface area (Å²) >= 11 is 0. The molecule has 0 fully saturated rings. The average molecular weight is 877 g/mol. The van der Waals surface area contributed by atoms with Gasteiger partial charge in [-0.2, -0.15) is 0 Å². The Bertz CT molecular complexity index is 2630. The lowest BCUT2D eigenvalue weighted by molar-refractivity contribution is 0.385. The maximum absolute atomic E-state index is 7.14. The first kappa shape index (κ1) is 44.1. The molecule has 0 aliphatic carbocycles. The van der Waals surface area contributed by atoms with Gasteiger partial charge in [-0.3, -0.25) is 0 Å². The molecule has 7 rings (SSSR count). The van der Waals surface area contributed by atoms with E-state index in [1.54, 1.807) is 28.4 Å². The van der Waals surface area contributed by atoms with E-state index >= 15 is 0 Å². The molecule has 0 aliphatic heterocycles. The van der Waals surface area contributed by atoms with Gasteiger partial charge in [0.25, 0.3) is 0 Å². The van der Waals surface area contributed by atoms with Gasteiger partial charge in [0.05, 0.1) is 28.4 Å². The molecule has 10 nitrogen and oxygen atoms in total. The minimum Gasteiger partial charge on any atom is -0.497 e. The van der Waals surface area contributed by atoms with Crippen LogP contribution in [0.15, 0.2) is 118 Å². The molecule has 6 aromatic carbocycles. The lowest BCUT2D eigenvalue weighted by Gasteiger charge is -2.22. The fourth-order valence-corrected chi connectivity index (χ4v) is 9.35. The molecular weight excluding hydrogens is 822 g/mol. The van der Waals surface area contributed by atoms with Crippen molar-refractivity contribution in [3.8, 4) is 57.1 Å². The number of aryl methyl sites for hydroxylation is 4. The van der Waals surface area contributed by atoms with E-state index in [0.29, 0.717) is 69.0 Å². The summed E-state index contributed by atoms with van der Waals surface area (Å²) in [5.41, 5.74) is 6.42. The molecule has 1 atom stereocenters. The van der Waals surface area contributed by atoms with E-state index in [9.17, 15) is 0 Å². The van der Waals surface area contributed by atoms with Gasteiger partial charge in [0.2, 0.25) is 0 Å². The highest BCUT2D eigenvalue weighted by Crippen LogP contribution is 2.51. The molecule has 12 heteroatoms. The molecule has 62 heavy (non-hydrogen) atoms. The van der Waals surface area contributed by atoms with Crippen LogP contribution in [0.25, 0.3) is 33.1 Å². The number of hydrogen-bond acceptors (Lipinski definition) is 10. The summed E-state index contributed by atoms with van der Waals surface area (Å²) in [6, 6.07) is 34.9. The van der Waals surface area contributed by atoms with E-state index in [0.717, 1.165) is 70.9 Å². The van der Waals surface area contributed by atoms with E-state index in [1.807, 2.05) is 123 Å². The Labute approximate surface area is 366 Å². The van der Waals surface area contributed by atoms with E-state index in [2.05, 4.69) is 13.8 Å². The first-order valence-corrected chi connectivity index (χ1v) is 23.0. The van der Waals surface area contributed by atoms with Crippen molar-refractivity contribution < 1.29 is 45.4 Å². The van der Waals surface area contributed by atoms with E-state index < -0.39 is 16.8 Å². The number of ether oxygens (including phenoxy) is 4. The molecule has 0 spiro atoms. The number of benzene rings is 6. The molecule has 324 valence electrons. The van der Waals surface area contributed by atoms with Gasteiger partial charge in [-0.15, -0.1) is 0 Å². The van der Waals surface area contributed by atoms with Crippen LogP contribution in [0.5, 0.6) is 46.0 Å². The van der Waals surface area contributed by atoms with Crippen molar-refractivity contribution in [3.05, 3.63) is 131 Å². The van der Waals surface area contributed by atoms with Gasteiger partial charge in [-0.25, -0.2) is 0 Å². The van der Waals surface area contributed by atoms with Crippen molar-refractivity contribution in [2.24, 2.45) is 0 Å². The Balaban J connectivity index is 1.44. The highest BCUT2D eigenvalue weighted by atomic mass is 31.2. The van der Waals surface area contributed by atoms with Gasteiger partial charge in [0.15, 0.2) is 0 Å². The maximum Gasteiger partial charge on any atom is 0.530 e. The van der Waals surface area contributed by atoms with Crippen LogP contribution in [-0.2, 0) is 12.8 Å². The second-order valence-electron chi connectivity index (χ2n) is 14.8. The van der Waals surface area contributed by atoms with E-state index in [-0.39, 0.29) is 0 Å². The summed E-state index contributed by atoms with van der Waals surface area (Å²) in [6.07, 6.45) is 5.30. The number of fused-ring (bicyclic) bond motifs is 3. The van der Waals surface area contributed by atoms with Gasteiger partial charge in [0.1, 0.15) is 57.2 Å². The minimum absolute atomic E-state index is 0.478. The van der Waals surface area contributed by atoms with Gasteiger partial charge in [-0.05, 0) is 135 Å². The van der Waals surface area contributed by atoms with Crippen molar-refractivity contribution in [1.29, 1.82) is 0 Å². The molecule has 0 amide bonds. The molecule has 0 aliphatic rings. The van der Waals surface area contributed by atoms with Crippen LogP contribution in [0.2, 0.25) is 0 Å². The quantitative estimate of drug-likeness (QED) is 0.0730. The number of rotatable bonds is 19. The third kappa shape index (κ3) is 10.2. The smallest absolute Gasteiger partial charge is 0.497 e. The number of methoxy groups -OCH3 is 4. The third-order valence-corrected chi connectivity index (χ3v) is 12.6. The average Bonchev–Trinajstić information content (AvgIpc) is 3.45. The largest absolute Gasteiger partial charge is 0.530 e. The lowest BCUT2D eigenvalue weighted by Crippen LogP contribution is -2.05. The van der Waals surface area contributed by atoms with Crippen LogP contribution < -0.4 is 37.0 Å². The number of para-hydroxylation sites is 2. The molecule has 0 bridgehead atoms. The second kappa shape index (κ2) is 20.7. The molecule has 1 heterocycles. The standard InChI is InChI=1S/C50H54O10P2/c1-9-11-19-35-27-39(53-7)31-43(41-29-37(51-5)23-25-47(41)57-61(55-45-21-15-13-17-33(45)3)56-46-22-16-14-18-34(46)4)49(35)59-62-58-48-26-24-38(52-6)30-42(48)44-32-40(54-8)28-36(20-12-10-2)50(44)60-62/h13-18,21-32H,9-12,19-20H2,1-8H3. The first-order chi connectivity index (χ1) is 30.2. The highest BCUT2D eigenvalue weighted by Gasteiger charge is 2.27. The predicted octanol–water partition coefficient (Wildman–Crippen LogP) is 14.9. The first-order valence-electron chi connectivity index (χ1n) is 20.8. The summed E-state index contributed by atoms with van der Waals surface area (Å²) in [6.45, 7) is 8.31. The molecule has 1 aromatic heterocycles. The summed E-state index contributed by atoms with van der Waals surface area (Å²) in [4.78, 5) is 0. The van der Waals surface area contributed by atoms with Crippen LogP contribution in [-0.4, -0.2) is 28.4 Å². The molecule has 0 radical (unpaired) electrons. The Hall–Kier alpha value is -5.95. The summed E-state index contributed by atoms with van der Waals surface area (Å²) in [5.74, 6) is 5.00. The summed E-state index contributed by atoms with van der Waals surface area (Å²) < 4.78 is 64.1. The zero-order valence-corrected chi connectivity index (χ0v) is 38.4. The van der Waals surface area contributed by atoms with Crippen LogP contribution in [0, 0.1) is 13.8 Å². The minimum atomic E-state index is -2.11. The SMILES string of the molecule is CCCCc1cc(OC)cc(-c2cc(OC)ccc2OP(Oc2ccccc2C)Oc2ccccc2C)c1Op1oc2ccc(OC)cc2c2cc(OC)cc(CCCC)c2o1. The zero-order valence-electron chi connectivity index (χ0n) is 36.6. The lowest BCUT2D eigenvalue weighted by atomic mass is 9.97. The van der Waals surface area contributed by atoms with E-state index in [1.165, 1.54) is 0 Å². The Morgan fingerprint density at radius 2 is 1.05 bits per heavy atom. The third-order valence-electron chi connectivity index (χ3n) is 10.5. The highest BCUT2D eigenvalue weighted by molar-refractivity contribution is 7.43. The van der Waals surface area contributed by atoms with Crippen molar-refractivity contribution in [2.75, 3.05) is 28.4 Å². The molecular formula is C50H54O10P2. The summed E-state index contributed by atoms with van der Waals surface area (Å²) in [7, 11) is 2.46. The zero-order chi connectivity index (χ0) is 43.6. The Morgan fingerprint density at radius 1 is 0.516 bits per heavy atom. The second-order valence-corrected chi connectivity index (χ2v) is 16.8. The number of unbranched alkanes of at least 4 members (excludes halogenated alkanes) is 2. The predicted molar refractivity (Wildman–Crippen MR) is 249 cm³/mol. The van der Waals surface area contributed by atoms with E-state index in [4.69, 9.17) is 45.4 Å². The fourth-order valence-electron chi connectivity index (χ4n) is 7.03. The maximum atomic E-state index is 7.14. The summed E-state index contributed by atoms with van der Waals surface area (Å²) in [5, 5.41) is 1.64. The van der Waals surface area contributed by atoms with Crippen LogP contribution in [0.3, 0.4) is 0 Å². The van der Waals surface area contributed by atoms with Crippen molar-refractivity contribution in [2.45, 2.75) is 66.2 Å². The monoisotopic (exact) mass is 876 g/mol. The Morgan fingerprint density at radius 3 is 1.68 bits per heavy atom. The normalized spacial score (nSPS) is 11.4. The van der Waals surface area contributed by atoms with Crippen LogP contribution in [0.4, 0.5) is 0 Å². The Kier molecular flexibility index (Phi) is 14.8. The van der Waals surface area contributed by atoms with Crippen molar-refractivity contribution >= 4 is 38.8 Å². The molecule has 0 saturated carbocycles. The molecule has 0 N–H and O–H groups in total. The fraction of sp³-hybridized carbons (Fsp3) is 0.280. The van der Waals surface area contributed by atoms with Gasteiger partial charge < -0.3 is 45.4 Å². The van der Waals surface area contributed by atoms with Gasteiger partial charge in [0, 0.05) is 21.9 Å². The topological polar surface area (TPSA) is 100 Å². The number of hydrogen-bond donors (Lipinski definition) is 0.